The van der Waals surface area contributed by atoms with E-state index in [0.29, 0.717) is 0 Å². The fourth-order valence-electron chi connectivity index (χ4n) is 1.39. The average molecular weight is 342 g/mol. The molecule has 0 saturated heterocycles. The normalized spacial score (nSPS) is 8.40. The molecule has 0 aliphatic carbocycles. The molecule has 0 aromatic heterocycles. The minimum Gasteiger partial charge on any atom is -0.478 e. The van der Waals surface area contributed by atoms with Crippen molar-refractivity contribution < 1.29 is 19.8 Å². The maximum absolute atomic E-state index is 9.60. The average Bonchev–Trinajstić information content (AvgIpc) is 2.55. The Hall–Kier alpha value is -3.14. The van der Waals surface area contributed by atoms with Crippen LogP contribution in [-0.2, 0) is 16.0 Å². The third kappa shape index (κ3) is 11.1. The molecule has 4 heteroatoms. The highest BCUT2D eigenvalue weighted by Gasteiger charge is 2.00. The van der Waals surface area contributed by atoms with Crippen LogP contribution < -0.4 is 0 Å². The van der Waals surface area contributed by atoms with Crippen LogP contribution in [0, 0.1) is 0 Å². The van der Waals surface area contributed by atoms with E-state index >= 15 is 0 Å². The highest BCUT2D eigenvalue weighted by atomic mass is 16.4. The number of hydrogen-bond acceptors (Lipinski definition) is 2. The molecule has 25 heavy (non-hydrogen) atoms. The van der Waals surface area contributed by atoms with Gasteiger partial charge in [-0.1, -0.05) is 62.7 Å². The molecule has 2 N–H and O–H groups in total. The monoisotopic (exact) mass is 342 g/mol. The first kappa shape index (κ1) is 24.1. The summed E-state index contributed by atoms with van der Waals surface area (Å²) in [7, 11) is 0. The summed E-state index contributed by atoms with van der Waals surface area (Å²) in [6.07, 6.45) is 6.50. The molecular weight excluding hydrogens is 316 g/mol. The van der Waals surface area contributed by atoms with Crippen molar-refractivity contribution in [2.45, 2.75) is 20.3 Å². The van der Waals surface area contributed by atoms with Gasteiger partial charge in [-0.15, -0.1) is 6.58 Å². The minimum absolute atomic E-state index is 0.176. The molecule has 4 nitrogen and oxygen atoms in total. The van der Waals surface area contributed by atoms with E-state index in [-0.39, 0.29) is 11.1 Å². The van der Waals surface area contributed by atoms with Gasteiger partial charge in [0.05, 0.1) is 0 Å². The molecule has 0 bridgehead atoms. The Morgan fingerprint density at radius 1 is 0.960 bits per heavy atom. The molecule has 0 aliphatic rings. The Bertz CT molecular complexity index is 618. The lowest BCUT2D eigenvalue weighted by atomic mass is 9.99. The van der Waals surface area contributed by atoms with Gasteiger partial charge in [0, 0.05) is 11.1 Å². The first-order valence-corrected chi connectivity index (χ1v) is 7.37. The van der Waals surface area contributed by atoms with Crippen LogP contribution in [0.25, 0.3) is 12.2 Å². The molecule has 1 aromatic carbocycles. The summed E-state index contributed by atoms with van der Waals surface area (Å²) in [6.45, 7) is 20.5. The number of aliphatic carboxylic acids is 2. The van der Waals surface area contributed by atoms with Gasteiger partial charge >= 0.3 is 11.9 Å². The third-order valence-corrected chi connectivity index (χ3v) is 2.75. The molecular formula is C21H26O4. The standard InChI is InChI=1S/C13H14.2C4H6O2/c1-4-8-12-10-7-9-11(5-2)13(12)6-3;2*1-3(2)4(5)6/h4-7,9-10H,1-3,8H2;2*1H2,2H3,(H,5,6). The van der Waals surface area contributed by atoms with E-state index in [1.54, 1.807) is 0 Å². The Kier molecular flexibility index (Phi) is 12.8. The van der Waals surface area contributed by atoms with Gasteiger partial charge in [-0.2, -0.15) is 0 Å². The second-order valence-corrected chi connectivity index (χ2v) is 4.99. The lowest BCUT2D eigenvalue weighted by molar-refractivity contribution is -0.133. The molecule has 0 atom stereocenters. The predicted molar refractivity (Wildman–Crippen MR) is 105 cm³/mol. The number of allylic oxidation sites excluding steroid dienone is 1. The van der Waals surface area contributed by atoms with Crippen LogP contribution in [0.4, 0.5) is 0 Å². The van der Waals surface area contributed by atoms with E-state index in [9.17, 15) is 9.59 Å². The van der Waals surface area contributed by atoms with Crippen molar-refractivity contribution in [3.8, 4) is 0 Å². The van der Waals surface area contributed by atoms with Crippen LogP contribution in [0.3, 0.4) is 0 Å². The van der Waals surface area contributed by atoms with E-state index in [1.165, 1.54) is 19.4 Å². The second kappa shape index (κ2) is 13.3. The van der Waals surface area contributed by atoms with Crippen molar-refractivity contribution in [3.63, 3.8) is 0 Å². The Morgan fingerprint density at radius 3 is 1.68 bits per heavy atom. The van der Waals surface area contributed by atoms with Gasteiger partial charge in [0.15, 0.2) is 0 Å². The Labute approximate surface area is 149 Å². The summed E-state index contributed by atoms with van der Waals surface area (Å²) in [6, 6.07) is 6.16. The van der Waals surface area contributed by atoms with Crippen molar-refractivity contribution >= 4 is 24.1 Å². The van der Waals surface area contributed by atoms with E-state index in [2.05, 4.69) is 39.0 Å². The van der Waals surface area contributed by atoms with E-state index in [4.69, 9.17) is 10.2 Å². The van der Waals surface area contributed by atoms with E-state index in [0.717, 1.165) is 17.5 Å². The first-order valence-electron chi connectivity index (χ1n) is 7.37. The number of carboxylic acid groups (broad SMARTS) is 2. The summed E-state index contributed by atoms with van der Waals surface area (Å²) in [5.41, 5.74) is 3.90. The fraction of sp³-hybridized carbons (Fsp3) is 0.143. The topological polar surface area (TPSA) is 74.6 Å². The third-order valence-electron chi connectivity index (χ3n) is 2.75. The molecule has 0 fully saturated rings. The van der Waals surface area contributed by atoms with Crippen LogP contribution in [0.2, 0.25) is 0 Å². The molecule has 1 rings (SSSR count). The van der Waals surface area contributed by atoms with E-state index in [1.807, 2.05) is 30.4 Å². The summed E-state index contributed by atoms with van der Waals surface area (Å²) >= 11 is 0. The zero-order chi connectivity index (χ0) is 20.0. The quantitative estimate of drug-likeness (QED) is 0.564. The Balaban J connectivity index is 0. The first-order chi connectivity index (χ1) is 11.6. The van der Waals surface area contributed by atoms with Gasteiger partial charge in [-0.25, -0.2) is 9.59 Å². The summed E-state index contributed by atoms with van der Waals surface area (Å²) in [5, 5.41) is 15.8. The van der Waals surface area contributed by atoms with Crippen LogP contribution >= 0.6 is 0 Å². The van der Waals surface area contributed by atoms with Crippen molar-refractivity contribution in [2.24, 2.45) is 0 Å². The zero-order valence-electron chi connectivity index (χ0n) is 14.9. The van der Waals surface area contributed by atoms with Crippen molar-refractivity contribution in [1.82, 2.24) is 0 Å². The number of carbonyl (C=O) groups is 2. The minimum atomic E-state index is -0.935. The van der Waals surface area contributed by atoms with Crippen molar-refractivity contribution in [1.29, 1.82) is 0 Å². The van der Waals surface area contributed by atoms with Gasteiger partial charge in [0.1, 0.15) is 0 Å². The van der Waals surface area contributed by atoms with Crippen molar-refractivity contribution in [2.75, 3.05) is 0 Å². The van der Waals surface area contributed by atoms with E-state index < -0.39 is 11.9 Å². The SMILES string of the molecule is C=C(C)C(=O)O.C=C(C)C(=O)O.C=CCc1cccc(C=C)c1C=C. The molecule has 1 aromatic rings. The van der Waals surface area contributed by atoms with Crippen LogP contribution in [0.5, 0.6) is 0 Å². The highest BCUT2D eigenvalue weighted by molar-refractivity contribution is 5.85. The molecule has 0 aliphatic heterocycles. The second-order valence-electron chi connectivity index (χ2n) is 4.99. The number of hydrogen-bond donors (Lipinski definition) is 2. The smallest absolute Gasteiger partial charge is 0.330 e. The molecule has 134 valence electrons. The van der Waals surface area contributed by atoms with Gasteiger partial charge in [-0.05, 0) is 37.0 Å². The van der Waals surface area contributed by atoms with Crippen LogP contribution in [0.15, 0.2) is 68.3 Å². The lowest BCUT2D eigenvalue weighted by Gasteiger charge is -2.06. The molecule has 0 unspecified atom stereocenters. The number of benzene rings is 1. The van der Waals surface area contributed by atoms with Gasteiger partial charge in [0.25, 0.3) is 0 Å². The molecule has 0 spiro atoms. The zero-order valence-corrected chi connectivity index (χ0v) is 14.9. The molecule has 0 heterocycles. The largest absolute Gasteiger partial charge is 0.478 e. The summed E-state index contributed by atoms with van der Waals surface area (Å²) < 4.78 is 0. The maximum Gasteiger partial charge on any atom is 0.330 e. The summed E-state index contributed by atoms with van der Waals surface area (Å²) in [4.78, 5) is 19.2. The van der Waals surface area contributed by atoms with Crippen LogP contribution in [-0.4, -0.2) is 22.2 Å². The van der Waals surface area contributed by atoms with Crippen LogP contribution in [0.1, 0.15) is 30.5 Å². The fourth-order valence-corrected chi connectivity index (χ4v) is 1.39. The molecule has 0 amide bonds. The summed E-state index contributed by atoms with van der Waals surface area (Å²) in [5.74, 6) is -1.87. The molecule has 0 saturated carbocycles. The maximum atomic E-state index is 9.60. The number of rotatable bonds is 6. The molecule has 0 radical (unpaired) electrons. The highest BCUT2D eigenvalue weighted by Crippen LogP contribution is 2.18. The predicted octanol–water partition coefficient (Wildman–Crippen LogP) is 5.00. The van der Waals surface area contributed by atoms with Gasteiger partial charge < -0.3 is 10.2 Å². The van der Waals surface area contributed by atoms with Gasteiger partial charge in [0.2, 0.25) is 0 Å². The van der Waals surface area contributed by atoms with Crippen molar-refractivity contribution in [3.05, 3.63) is 85.0 Å². The number of carboxylic acids is 2. The van der Waals surface area contributed by atoms with Gasteiger partial charge in [-0.3, -0.25) is 0 Å². The lowest BCUT2D eigenvalue weighted by Crippen LogP contribution is -1.92. The Morgan fingerprint density at radius 2 is 1.40 bits per heavy atom.